The minimum atomic E-state index is -3.78. The van der Waals surface area contributed by atoms with Crippen molar-refractivity contribution >= 4 is 21.6 Å². The summed E-state index contributed by atoms with van der Waals surface area (Å²) in [5.74, 6) is 0.715. The summed E-state index contributed by atoms with van der Waals surface area (Å²) in [5, 5.41) is 0. The second-order valence-corrected chi connectivity index (χ2v) is 10.1. The van der Waals surface area contributed by atoms with Crippen molar-refractivity contribution in [2.75, 3.05) is 23.8 Å². The number of carbonyl (C=O) groups excluding carboxylic acids is 1. The molecule has 0 aliphatic carbocycles. The van der Waals surface area contributed by atoms with Crippen LogP contribution < -0.4 is 13.8 Å². The van der Waals surface area contributed by atoms with Crippen LogP contribution in [0.1, 0.15) is 18.1 Å². The lowest BCUT2D eigenvalue weighted by atomic mass is 10.1. The summed E-state index contributed by atoms with van der Waals surface area (Å²) in [4.78, 5) is 15.5. The van der Waals surface area contributed by atoms with Gasteiger partial charge in [-0.05, 0) is 30.2 Å². The van der Waals surface area contributed by atoms with E-state index in [2.05, 4.69) is 0 Å². The molecule has 3 aromatic rings. The van der Waals surface area contributed by atoms with Crippen LogP contribution in [0.15, 0.2) is 78.9 Å². The average Bonchev–Trinajstić information content (AvgIpc) is 2.83. The summed E-state index contributed by atoms with van der Waals surface area (Å²) in [6, 6.07) is 23.3. The fourth-order valence-electron chi connectivity index (χ4n) is 4.06. The van der Waals surface area contributed by atoms with E-state index in [4.69, 9.17) is 9.47 Å². The molecule has 8 heteroatoms. The summed E-state index contributed by atoms with van der Waals surface area (Å²) in [5.41, 5.74) is 2.28. The molecule has 0 bridgehead atoms. The maximum Gasteiger partial charge on any atom is 0.246 e. The summed E-state index contributed by atoms with van der Waals surface area (Å²) in [6.45, 7) is 3.15. The first-order valence-electron chi connectivity index (χ1n) is 11.1. The van der Waals surface area contributed by atoms with Crippen molar-refractivity contribution in [3.05, 3.63) is 90.0 Å². The average molecular weight is 481 g/mol. The molecule has 0 fully saturated rings. The van der Waals surface area contributed by atoms with Crippen LogP contribution in [0.25, 0.3) is 0 Å². The Hall–Kier alpha value is -3.52. The first kappa shape index (κ1) is 23.6. The monoisotopic (exact) mass is 480 g/mol. The van der Waals surface area contributed by atoms with E-state index in [0.717, 1.165) is 21.7 Å². The number of hydrogen-bond acceptors (Lipinski definition) is 5. The molecule has 0 unspecified atom stereocenters. The smallest absolute Gasteiger partial charge is 0.246 e. The van der Waals surface area contributed by atoms with Gasteiger partial charge in [0.2, 0.25) is 15.9 Å². The van der Waals surface area contributed by atoms with Crippen LogP contribution in [-0.2, 0) is 27.9 Å². The SMILES string of the molecule is C[C@H](C(=O)N(Cc1ccccc1)Cc1ccccc1)N(c1ccc2c(c1)OCCO2)S(C)(=O)=O. The zero-order chi connectivity index (χ0) is 24.1. The lowest BCUT2D eigenvalue weighted by Gasteiger charge is -2.33. The molecule has 7 nitrogen and oxygen atoms in total. The van der Waals surface area contributed by atoms with Crippen LogP contribution >= 0.6 is 0 Å². The fourth-order valence-corrected chi connectivity index (χ4v) is 5.22. The molecule has 0 saturated carbocycles. The zero-order valence-corrected chi connectivity index (χ0v) is 20.1. The Balaban J connectivity index is 1.66. The van der Waals surface area contributed by atoms with Gasteiger partial charge in [-0.25, -0.2) is 8.42 Å². The standard InChI is InChI=1S/C26H28N2O5S/c1-20(28(34(2,30)31)23-13-14-24-25(17-23)33-16-15-32-24)26(29)27(18-21-9-5-3-6-10-21)19-22-11-7-4-8-12-22/h3-14,17,20H,15-16,18-19H2,1-2H3/t20-/m1/s1. The van der Waals surface area contributed by atoms with Crippen LogP contribution in [0.5, 0.6) is 11.5 Å². The van der Waals surface area contributed by atoms with E-state index in [0.29, 0.717) is 43.5 Å². The highest BCUT2D eigenvalue weighted by atomic mass is 32.2. The summed E-state index contributed by atoms with van der Waals surface area (Å²) in [7, 11) is -3.78. The fraction of sp³-hybridized carbons (Fsp3) is 0.269. The quantitative estimate of drug-likeness (QED) is 0.490. The number of nitrogens with zero attached hydrogens (tertiary/aromatic N) is 2. The number of benzene rings is 3. The van der Waals surface area contributed by atoms with Crippen LogP contribution in [0, 0.1) is 0 Å². The molecule has 34 heavy (non-hydrogen) atoms. The molecule has 3 aromatic carbocycles. The van der Waals surface area contributed by atoms with E-state index in [9.17, 15) is 13.2 Å². The Morgan fingerprint density at radius 2 is 1.38 bits per heavy atom. The van der Waals surface area contributed by atoms with Gasteiger partial charge in [-0.15, -0.1) is 0 Å². The maximum atomic E-state index is 13.8. The molecule has 0 saturated heterocycles. The zero-order valence-electron chi connectivity index (χ0n) is 19.3. The first-order chi connectivity index (χ1) is 16.3. The largest absolute Gasteiger partial charge is 0.486 e. The molecule has 4 rings (SSSR count). The Kier molecular flexibility index (Phi) is 7.07. The van der Waals surface area contributed by atoms with E-state index in [-0.39, 0.29) is 5.91 Å². The third-order valence-electron chi connectivity index (χ3n) is 5.59. The number of sulfonamides is 1. The molecule has 0 aromatic heterocycles. The first-order valence-corrected chi connectivity index (χ1v) is 12.9. The van der Waals surface area contributed by atoms with E-state index in [1.165, 1.54) is 0 Å². The highest BCUT2D eigenvalue weighted by Crippen LogP contribution is 2.35. The summed E-state index contributed by atoms with van der Waals surface area (Å²) >= 11 is 0. The van der Waals surface area contributed by atoms with Crippen LogP contribution in [-0.4, -0.2) is 44.7 Å². The van der Waals surface area contributed by atoms with Crippen LogP contribution in [0.3, 0.4) is 0 Å². The van der Waals surface area contributed by atoms with Crippen molar-refractivity contribution in [2.24, 2.45) is 0 Å². The third kappa shape index (κ3) is 5.51. The van der Waals surface area contributed by atoms with E-state index < -0.39 is 16.1 Å². The van der Waals surface area contributed by atoms with E-state index in [1.807, 2.05) is 60.7 Å². The molecule has 1 aliphatic heterocycles. The van der Waals surface area contributed by atoms with Gasteiger partial charge in [0.15, 0.2) is 11.5 Å². The van der Waals surface area contributed by atoms with Gasteiger partial charge in [0.25, 0.3) is 0 Å². The minimum absolute atomic E-state index is 0.298. The van der Waals surface area contributed by atoms with Gasteiger partial charge in [-0.1, -0.05) is 60.7 Å². The summed E-state index contributed by atoms with van der Waals surface area (Å²) in [6.07, 6.45) is 1.10. The number of amides is 1. The van der Waals surface area contributed by atoms with Crippen molar-refractivity contribution in [3.63, 3.8) is 0 Å². The molecule has 0 spiro atoms. The number of anilines is 1. The Labute approximate surface area is 200 Å². The third-order valence-corrected chi connectivity index (χ3v) is 6.83. The molecule has 0 radical (unpaired) electrons. The molecule has 1 amide bonds. The van der Waals surface area contributed by atoms with E-state index >= 15 is 0 Å². The molecule has 1 atom stereocenters. The van der Waals surface area contributed by atoms with Crippen molar-refractivity contribution in [1.29, 1.82) is 0 Å². The molecular weight excluding hydrogens is 452 g/mol. The van der Waals surface area contributed by atoms with Crippen molar-refractivity contribution in [3.8, 4) is 11.5 Å². The highest BCUT2D eigenvalue weighted by molar-refractivity contribution is 7.92. The molecular formula is C26H28N2O5S. The normalized spacial score (nSPS) is 13.7. The lowest BCUT2D eigenvalue weighted by Crippen LogP contribution is -2.49. The highest BCUT2D eigenvalue weighted by Gasteiger charge is 2.33. The van der Waals surface area contributed by atoms with Gasteiger partial charge in [-0.3, -0.25) is 9.10 Å². The number of carbonyl (C=O) groups is 1. The van der Waals surface area contributed by atoms with Gasteiger partial charge in [0, 0.05) is 19.2 Å². The topological polar surface area (TPSA) is 76.2 Å². The van der Waals surface area contributed by atoms with E-state index in [1.54, 1.807) is 30.0 Å². The predicted octanol–water partition coefficient (Wildman–Crippen LogP) is 3.84. The Bertz CT molecular complexity index is 1190. The molecule has 1 aliphatic rings. The van der Waals surface area contributed by atoms with Crippen molar-refractivity contribution < 1.29 is 22.7 Å². The van der Waals surface area contributed by atoms with Gasteiger partial charge in [0.05, 0.1) is 11.9 Å². The minimum Gasteiger partial charge on any atom is -0.486 e. The maximum absolute atomic E-state index is 13.8. The predicted molar refractivity (Wildman–Crippen MR) is 131 cm³/mol. The Morgan fingerprint density at radius 3 is 1.91 bits per heavy atom. The lowest BCUT2D eigenvalue weighted by molar-refractivity contribution is -0.133. The van der Waals surface area contributed by atoms with Gasteiger partial charge in [-0.2, -0.15) is 0 Å². The van der Waals surface area contributed by atoms with Gasteiger partial charge in [0.1, 0.15) is 19.3 Å². The molecule has 0 N–H and O–H groups in total. The second kappa shape index (κ2) is 10.2. The Morgan fingerprint density at radius 1 is 0.853 bits per heavy atom. The van der Waals surface area contributed by atoms with Gasteiger partial charge < -0.3 is 14.4 Å². The number of rotatable bonds is 8. The van der Waals surface area contributed by atoms with Crippen molar-refractivity contribution in [1.82, 2.24) is 4.90 Å². The number of ether oxygens (including phenoxy) is 2. The van der Waals surface area contributed by atoms with Crippen LogP contribution in [0.2, 0.25) is 0 Å². The number of hydrogen-bond donors (Lipinski definition) is 0. The van der Waals surface area contributed by atoms with Crippen molar-refractivity contribution in [2.45, 2.75) is 26.1 Å². The number of fused-ring (bicyclic) bond motifs is 1. The van der Waals surface area contributed by atoms with Crippen LogP contribution in [0.4, 0.5) is 5.69 Å². The molecule has 1 heterocycles. The molecule has 178 valence electrons. The second-order valence-electron chi connectivity index (χ2n) is 8.23. The summed E-state index contributed by atoms with van der Waals surface area (Å²) < 4.78 is 38.1. The van der Waals surface area contributed by atoms with Gasteiger partial charge >= 0.3 is 0 Å².